The molecule has 32 heavy (non-hydrogen) atoms. The lowest BCUT2D eigenvalue weighted by Crippen LogP contribution is -3.06. The zero-order valence-corrected chi connectivity index (χ0v) is 18.6. The maximum absolute atomic E-state index is 13.8. The number of nitrogens with zero attached hydrogens (tertiary/aromatic N) is 3. The van der Waals surface area contributed by atoms with E-state index in [0.29, 0.717) is 35.7 Å². The van der Waals surface area contributed by atoms with Crippen molar-refractivity contribution >= 4 is 23.1 Å². The number of amides is 1. The fourth-order valence-corrected chi connectivity index (χ4v) is 4.18. The van der Waals surface area contributed by atoms with Gasteiger partial charge < -0.3 is 24.0 Å². The maximum Gasteiger partial charge on any atom is 0.295 e. The molecule has 1 amide bonds. The van der Waals surface area contributed by atoms with E-state index in [1.54, 1.807) is 41.8 Å². The number of aryl methyl sites for hydroxylation is 1. The standard InChI is InChI=1S/C24H26N4O4/c1-15-20(27-12-8-7-11-18(27)25-15)22(29)19-21(16-9-5-6-10-17(16)32-4)28(14-13-26(2)3)24(31)23(19)30/h5-12,21,29H,13-14H2,1-4H3. The van der Waals surface area contributed by atoms with Crippen molar-refractivity contribution < 1.29 is 24.3 Å². The lowest BCUT2D eigenvalue weighted by Gasteiger charge is -2.28. The van der Waals surface area contributed by atoms with Crippen LogP contribution >= 0.6 is 0 Å². The summed E-state index contributed by atoms with van der Waals surface area (Å²) in [6, 6.07) is 11.8. The molecule has 1 N–H and O–H groups in total. The summed E-state index contributed by atoms with van der Waals surface area (Å²) in [5.74, 6) is -1.42. The number of para-hydroxylation sites is 1. The zero-order valence-electron chi connectivity index (χ0n) is 18.6. The number of aromatic nitrogens is 2. The van der Waals surface area contributed by atoms with E-state index in [1.807, 2.05) is 32.3 Å². The van der Waals surface area contributed by atoms with Gasteiger partial charge in [0, 0.05) is 17.3 Å². The van der Waals surface area contributed by atoms with Crippen LogP contribution in [0.1, 0.15) is 23.0 Å². The molecule has 1 saturated heterocycles. The lowest BCUT2D eigenvalue weighted by molar-refractivity contribution is -0.857. The number of rotatable bonds is 6. The van der Waals surface area contributed by atoms with Gasteiger partial charge in [-0.25, -0.2) is 4.98 Å². The van der Waals surface area contributed by atoms with Crippen molar-refractivity contribution in [2.45, 2.75) is 13.0 Å². The van der Waals surface area contributed by atoms with Gasteiger partial charge in [-0.1, -0.05) is 30.0 Å². The fraction of sp³-hybridized carbons (Fsp3) is 0.292. The van der Waals surface area contributed by atoms with Crippen LogP contribution in [0.3, 0.4) is 0 Å². The minimum absolute atomic E-state index is 0.0676. The molecular weight excluding hydrogens is 408 g/mol. The summed E-state index contributed by atoms with van der Waals surface area (Å²) >= 11 is 0. The maximum atomic E-state index is 13.8. The molecule has 0 radical (unpaired) electrons. The van der Waals surface area contributed by atoms with E-state index >= 15 is 0 Å². The minimum Gasteiger partial charge on any atom is -0.871 e. The molecule has 1 fully saturated rings. The Morgan fingerprint density at radius 3 is 2.59 bits per heavy atom. The van der Waals surface area contributed by atoms with E-state index in [2.05, 4.69) is 4.98 Å². The Labute approximate surface area is 186 Å². The van der Waals surface area contributed by atoms with Crippen molar-refractivity contribution in [3.63, 3.8) is 0 Å². The van der Waals surface area contributed by atoms with Gasteiger partial charge in [-0.15, -0.1) is 0 Å². The van der Waals surface area contributed by atoms with E-state index in [4.69, 9.17) is 4.74 Å². The number of pyridine rings is 1. The number of ketones is 1. The molecule has 0 bridgehead atoms. The second kappa shape index (κ2) is 8.47. The van der Waals surface area contributed by atoms with Crippen LogP contribution < -0.4 is 14.7 Å². The van der Waals surface area contributed by atoms with Gasteiger partial charge in [0.25, 0.3) is 5.91 Å². The van der Waals surface area contributed by atoms with Crippen molar-refractivity contribution in [3.8, 4) is 5.75 Å². The highest BCUT2D eigenvalue weighted by Gasteiger charge is 2.45. The van der Waals surface area contributed by atoms with Crippen molar-refractivity contribution in [1.82, 2.24) is 14.3 Å². The molecule has 8 heteroatoms. The van der Waals surface area contributed by atoms with Gasteiger partial charge in [0.2, 0.25) is 5.78 Å². The highest BCUT2D eigenvalue weighted by atomic mass is 16.5. The van der Waals surface area contributed by atoms with Crippen LogP contribution in [0.5, 0.6) is 5.75 Å². The van der Waals surface area contributed by atoms with Crippen molar-refractivity contribution in [3.05, 3.63) is 71.2 Å². The minimum atomic E-state index is -0.827. The molecule has 166 valence electrons. The van der Waals surface area contributed by atoms with Crippen LogP contribution in [-0.4, -0.2) is 60.3 Å². The van der Waals surface area contributed by atoms with Crippen molar-refractivity contribution in [2.24, 2.45) is 0 Å². The van der Waals surface area contributed by atoms with Gasteiger partial charge in [-0.05, 0) is 25.1 Å². The van der Waals surface area contributed by atoms with Gasteiger partial charge in [-0.3, -0.25) is 9.59 Å². The summed E-state index contributed by atoms with van der Waals surface area (Å²) in [6.07, 6.45) is 1.73. The molecule has 0 spiro atoms. The number of quaternary nitrogens is 1. The van der Waals surface area contributed by atoms with Crippen LogP contribution in [0.2, 0.25) is 0 Å². The molecular formula is C24H26N4O4. The van der Waals surface area contributed by atoms with Crippen LogP contribution in [-0.2, 0) is 9.59 Å². The third-order valence-electron chi connectivity index (χ3n) is 5.73. The third-order valence-corrected chi connectivity index (χ3v) is 5.73. The number of likely N-dealkylation sites (tertiary alicyclic amines) is 1. The molecule has 0 saturated carbocycles. The Balaban J connectivity index is 1.96. The Hall–Kier alpha value is -3.65. The zero-order chi connectivity index (χ0) is 23.0. The van der Waals surface area contributed by atoms with Crippen molar-refractivity contribution in [2.75, 3.05) is 34.3 Å². The highest BCUT2D eigenvalue weighted by Crippen LogP contribution is 2.42. The number of hydrogen-bond donors (Lipinski definition) is 1. The Kier molecular flexibility index (Phi) is 5.71. The van der Waals surface area contributed by atoms with E-state index in [9.17, 15) is 14.7 Å². The molecule has 4 rings (SSSR count). The van der Waals surface area contributed by atoms with E-state index < -0.39 is 23.5 Å². The normalized spacial score (nSPS) is 18.2. The van der Waals surface area contributed by atoms with Crippen LogP contribution in [0.25, 0.3) is 11.4 Å². The van der Waals surface area contributed by atoms with E-state index in [-0.39, 0.29) is 11.3 Å². The summed E-state index contributed by atoms with van der Waals surface area (Å²) < 4.78 is 7.18. The molecule has 3 heterocycles. The number of benzene rings is 1. The largest absolute Gasteiger partial charge is 0.871 e. The number of fused-ring (bicyclic) bond motifs is 1. The smallest absolute Gasteiger partial charge is 0.295 e. The molecule has 3 aromatic rings. The first-order chi connectivity index (χ1) is 15.3. The number of hydrogen-bond acceptors (Lipinski definition) is 5. The molecule has 1 aromatic carbocycles. The van der Waals surface area contributed by atoms with Crippen LogP contribution in [0.15, 0.2) is 54.2 Å². The number of imidazole rings is 1. The molecule has 1 aliphatic rings. The fourth-order valence-electron chi connectivity index (χ4n) is 4.18. The third kappa shape index (κ3) is 3.52. The summed E-state index contributed by atoms with van der Waals surface area (Å²) in [5, 5.41) is 13.8. The number of carbonyl (C=O) groups is 2. The number of Topliss-reactive ketones (excluding diaryl/α,β-unsaturated/α-hetero) is 1. The number of ether oxygens (including phenoxy) is 1. The van der Waals surface area contributed by atoms with Crippen LogP contribution in [0, 0.1) is 6.92 Å². The number of carbonyl (C=O) groups excluding carboxylic acids is 2. The Bertz CT molecular complexity index is 1230. The number of nitrogens with one attached hydrogen (secondary N) is 1. The number of methoxy groups -OCH3 is 1. The number of likely N-dealkylation sites (N-methyl/N-ethyl adjacent to an activating group) is 1. The monoisotopic (exact) mass is 434 g/mol. The van der Waals surface area contributed by atoms with Crippen LogP contribution in [0.4, 0.5) is 0 Å². The second-order valence-corrected chi connectivity index (χ2v) is 8.15. The molecule has 1 aliphatic heterocycles. The summed E-state index contributed by atoms with van der Waals surface area (Å²) in [5.41, 5.74) is 1.94. The average molecular weight is 434 g/mol. The van der Waals surface area contributed by atoms with E-state index in [0.717, 1.165) is 4.90 Å². The predicted molar refractivity (Wildman–Crippen MR) is 117 cm³/mol. The highest BCUT2D eigenvalue weighted by molar-refractivity contribution is 6.46. The molecule has 8 nitrogen and oxygen atoms in total. The van der Waals surface area contributed by atoms with E-state index in [1.165, 1.54) is 12.0 Å². The summed E-state index contributed by atoms with van der Waals surface area (Å²) in [6.45, 7) is 2.69. The lowest BCUT2D eigenvalue weighted by atomic mass is 9.95. The van der Waals surface area contributed by atoms with Gasteiger partial charge in [-0.2, -0.15) is 0 Å². The Morgan fingerprint density at radius 1 is 1.16 bits per heavy atom. The average Bonchev–Trinajstić information content (AvgIpc) is 3.24. The summed E-state index contributed by atoms with van der Waals surface area (Å²) in [4.78, 5) is 33.3. The second-order valence-electron chi connectivity index (χ2n) is 8.15. The molecule has 2 aromatic heterocycles. The van der Waals surface area contributed by atoms with Crippen molar-refractivity contribution in [1.29, 1.82) is 0 Å². The Morgan fingerprint density at radius 2 is 1.88 bits per heavy atom. The summed E-state index contributed by atoms with van der Waals surface area (Å²) in [7, 11) is 5.47. The van der Waals surface area contributed by atoms with Gasteiger partial charge in [0.05, 0.1) is 51.7 Å². The molecule has 0 aliphatic carbocycles. The first-order valence-electron chi connectivity index (χ1n) is 10.5. The molecule has 1 atom stereocenters. The molecule has 1 unspecified atom stereocenters. The van der Waals surface area contributed by atoms with Gasteiger partial charge in [0.15, 0.2) is 0 Å². The van der Waals surface area contributed by atoms with Gasteiger partial charge >= 0.3 is 0 Å². The first kappa shape index (κ1) is 21.6. The predicted octanol–water partition coefficient (Wildman–Crippen LogP) is 0.0198. The quantitative estimate of drug-likeness (QED) is 0.336. The topological polar surface area (TPSA) is 91.4 Å². The SMILES string of the molecule is COc1ccccc1C1C(=C([O-])c2c(C)nc3ccccn23)C(=O)C(=O)N1CC[NH+](C)C. The first-order valence-corrected chi connectivity index (χ1v) is 10.5. The van der Waals surface area contributed by atoms with Gasteiger partial charge in [0.1, 0.15) is 11.4 Å².